The molecule has 8 nitrogen and oxygen atoms in total. The normalized spacial score (nSPS) is 27.6. The number of phenolic OH excluding ortho intramolecular Hbond substituents is 1. The van der Waals surface area contributed by atoms with Crippen LogP contribution >= 0.6 is 0 Å². The van der Waals surface area contributed by atoms with Gasteiger partial charge in [-0.3, -0.25) is 28.9 Å². The number of unbranched alkanes of at least 4 members (excludes halogenated alkanes) is 2. The molecule has 2 N–H and O–H groups in total. The van der Waals surface area contributed by atoms with Gasteiger partial charge in [-0.1, -0.05) is 96.9 Å². The molecule has 0 spiro atoms. The fourth-order valence-corrected chi connectivity index (χ4v) is 9.14. The number of benzene rings is 3. The molecule has 49 heavy (non-hydrogen) atoms. The molecular weight excluding hydrogens is 618 g/mol. The number of hydrogen-bond donors (Lipinski definition) is 2. The Labute approximate surface area is 285 Å². The molecule has 3 aliphatic carbocycles. The largest absolute Gasteiger partial charge is 0.507 e. The number of aryl methyl sites for hydroxylation is 1. The van der Waals surface area contributed by atoms with Gasteiger partial charge >= 0.3 is 5.97 Å². The van der Waals surface area contributed by atoms with E-state index in [2.05, 4.69) is 0 Å². The van der Waals surface area contributed by atoms with Crippen LogP contribution in [0.2, 0.25) is 0 Å². The summed E-state index contributed by atoms with van der Waals surface area (Å²) in [6.07, 6.45) is 5.56. The number of phenols is 1. The average molecular weight is 658 g/mol. The van der Waals surface area contributed by atoms with Gasteiger partial charge in [0.2, 0.25) is 11.8 Å². The van der Waals surface area contributed by atoms with Crippen molar-refractivity contribution in [1.82, 2.24) is 4.90 Å². The lowest BCUT2D eigenvalue weighted by Gasteiger charge is -2.55. The smallest absolute Gasteiger partial charge is 0.303 e. The summed E-state index contributed by atoms with van der Waals surface area (Å²) in [4.78, 5) is 70.3. The molecule has 250 valence electrons. The van der Waals surface area contributed by atoms with Crippen molar-refractivity contribution in [2.75, 3.05) is 6.54 Å². The van der Waals surface area contributed by atoms with Crippen LogP contribution in [0, 0.1) is 30.6 Å². The summed E-state index contributed by atoms with van der Waals surface area (Å²) < 4.78 is 0. The number of amides is 2. The second-order valence-corrected chi connectivity index (χ2v) is 13.8. The van der Waals surface area contributed by atoms with Crippen molar-refractivity contribution in [2.24, 2.45) is 23.7 Å². The van der Waals surface area contributed by atoms with E-state index in [1.54, 1.807) is 13.0 Å². The summed E-state index contributed by atoms with van der Waals surface area (Å²) in [7, 11) is 0. The maximum Gasteiger partial charge on any atom is 0.303 e. The number of carboxylic acid groups (broad SMARTS) is 1. The lowest BCUT2D eigenvalue weighted by atomic mass is 9.44. The van der Waals surface area contributed by atoms with Crippen LogP contribution < -0.4 is 0 Å². The Balaban J connectivity index is 1.38. The van der Waals surface area contributed by atoms with Crippen LogP contribution in [0.3, 0.4) is 0 Å². The van der Waals surface area contributed by atoms with Crippen LogP contribution in [0.5, 0.6) is 5.75 Å². The van der Waals surface area contributed by atoms with E-state index in [1.165, 1.54) is 11.0 Å². The van der Waals surface area contributed by atoms with Gasteiger partial charge in [0.1, 0.15) is 5.75 Å². The highest BCUT2D eigenvalue weighted by molar-refractivity contribution is 6.31. The molecule has 2 fully saturated rings. The number of carbonyl (C=O) groups excluding carboxylic acids is 4. The van der Waals surface area contributed by atoms with Gasteiger partial charge in [-0.2, -0.15) is 0 Å². The highest BCUT2D eigenvalue weighted by Crippen LogP contribution is 2.64. The highest BCUT2D eigenvalue weighted by Gasteiger charge is 2.66. The maximum atomic E-state index is 15.0. The number of carboxylic acids is 1. The second kappa shape index (κ2) is 12.7. The third kappa shape index (κ3) is 5.16. The van der Waals surface area contributed by atoms with Gasteiger partial charge in [0.05, 0.1) is 17.3 Å². The topological polar surface area (TPSA) is 129 Å². The SMILES string of the molecule is Cc1cccc([C@H]2C3=CC[C@@H]4C(=O)N(CCCCCC(=O)O)C(=O)[C@@H]4[C@@H]3C[C@H]3C(=O)C(c4ccccc4)=CC(=O)[C@@]23c2ccccc2)c1O. The molecule has 0 aromatic heterocycles. The monoisotopic (exact) mass is 657 g/mol. The molecule has 6 atom stereocenters. The lowest BCUT2D eigenvalue weighted by Crippen LogP contribution is -2.58. The van der Waals surface area contributed by atoms with Crippen LogP contribution in [0.4, 0.5) is 0 Å². The van der Waals surface area contributed by atoms with Crippen molar-refractivity contribution in [2.45, 2.75) is 56.8 Å². The Morgan fingerprint density at radius 2 is 1.57 bits per heavy atom. The maximum absolute atomic E-state index is 15.0. The van der Waals surface area contributed by atoms with E-state index in [9.17, 15) is 24.3 Å². The summed E-state index contributed by atoms with van der Waals surface area (Å²) in [5.41, 5.74) is 2.20. The number of hydrogen-bond acceptors (Lipinski definition) is 6. The molecule has 4 aliphatic rings. The fraction of sp³-hybridized carbons (Fsp3) is 0.341. The molecule has 1 saturated heterocycles. The Bertz CT molecular complexity index is 1910. The standard InChI is InChI=1S/C41H39NO7/c1-24-12-11-17-29(37(24)46)36-27-19-20-28-35(40(49)42(39(28)48)21-10-4-9-18-34(44)45)31(27)22-32-38(47)30(25-13-5-2-6-14-25)23-33(43)41(32,36)26-15-7-3-8-16-26/h2-3,5-8,11-17,19,23,28,31-32,35-36,46H,4,9-10,18,20-22H2,1H3,(H,44,45)/t28-,31+,32-,35-,36+,41-/m0/s1. The van der Waals surface area contributed by atoms with Gasteiger partial charge in [0.25, 0.3) is 0 Å². The van der Waals surface area contributed by atoms with E-state index >= 15 is 4.79 Å². The fourth-order valence-electron chi connectivity index (χ4n) is 9.14. The van der Waals surface area contributed by atoms with E-state index in [-0.39, 0.29) is 48.5 Å². The number of carbonyl (C=O) groups is 5. The van der Waals surface area contributed by atoms with E-state index in [1.807, 2.05) is 78.9 Å². The quantitative estimate of drug-likeness (QED) is 0.160. The predicted molar refractivity (Wildman–Crippen MR) is 182 cm³/mol. The Hall–Kier alpha value is -5.11. The molecule has 8 heteroatoms. The Morgan fingerprint density at radius 3 is 2.29 bits per heavy atom. The number of Topliss-reactive ketones (excluding diaryl/α,β-unsaturated/α-hetero) is 1. The number of fused-ring (bicyclic) bond motifs is 4. The summed E-state index contributed by atoms with van der Waals surface area (Å²) >= 11 is 0. The molecule has 1 aliphatic heterocycles. The number of allylic oxidation sites excluding steroid dienone is 4. The predicted octanol–water partition coefficient (Wildman–Crippen LogP) is 6.17. The van der Waals surface area contributed by atoms with Gasteiger partial charge in [-0.15, -0.1) is 0 Å². The summed E-state index contributed by atoms with van der Waals surface area (Å²) in [5.74, 6) is -5.22. The molecule has 3 aromatic rings. The minimum absolute atomic E-state index is 0.0341. The third-order valence-corrected chi connectivity index (χ3v) is 11.3. The van der Waals surface area contributed by atoms with Crippen molar-refractivity contribution in [1.29, 1.82) is 0 Å². The minimum atomic E-state index is -1.40. The second-order valence-electron chi connectivity index (χ2n) is 13.8. The molecule has 0 unspecified atom stereocenters. The molecule has 1 saturated carbocycles. The summed E-state index contributed by atoms with van der Waals surface area (Å²) in [5, 5.41) is 20.7. The molecule has 7 rings (SSSR count). The zero-order chi connectivity index (χ0) is 34.4. The van der Waals surface area contributed by atoms with Crippen LogP contribution in [0.1, 0.15) is 66.7 Å². The molecule has 0 radical (unpaired) electrons. The van der Waals surface area contributed by atoms with Crippen LogP contribution in [-0.2, 0) is 29.4 Å². The van der Waals surface area contributed by atoms with E-state index in [4.69, 9.17) is 5.11 Å². The molecule has 0 bridgehead atoms. The van der Waals surface area contributed by atoms with Gasteiger partial charge in [-0.25, -0.2) is 0 Å². The van der Waals surface area contributed by atoms with E-state index in [0.29, 0.717) is 53.5 Å². The first-order valence-electron chi connectivity index (χ1n) is 17.1. The van der Waals surface area contributed by atoms with Crippen LogP contribution in [-0.4, -0.2) is 51.0 Å². The minimum Gasteiger partial charge on any atom is -0.507 e. The zero-order valence-corrected chi connectivity index (χ0v) is 27.4. The first-order chi connectivity index (χ1) is 23.7. The summed E-state index contributed by atoms with van der Waals surface area (Å²) in [6.45, 7) is 2.01. The Kier molecular flexibility index (Phi) is 8.43. The van der Waals surface area contributed by atoms with Gasteiger partial charge in [0.15, 0.2) is 11.6 Å². The number of nitrogens with zero attached hydrogens (tertiary/aromatic N) is 1. The van der Waals surface area contributed by atoms with E-state index in [0.717, 1.165) is 5.57 Å². The van der Waals surface area contributed by atoms with Gasteiger partial charge in [-0.05, 0) is 61.3 Å². The van der Waals surface area contributed by atoms with Crippen molar-refractivity contribution >= 4 is 34.9 Å². The molecule has 1 heterocycles. The number of rotatable bonds is 9. The van der Waals surface area contributed by atoms with Crippen LogP contribution in [0.15, 0.2) is 96.6 Å². The van der Waals surface area contributed by atoms with Gasteiger partial charge < -0.3 is 10.2 Å². The molecule has 2 amide bonds. The molecule has 3 aromatic carbocycles. The zero-order valence-electron chi connectivity index (χ0n) is 27.4. The first-order valence-corrected chi connectivity index (χ1v) is 17.1. The van der Waals surface area contributed by atoms with Crippen molar-refractivity contribution < 1.29 is 34.2 Å². The number of aliphatic carboxylic acids is 1. The first kappa shape index (κ1) is 32.4. The van der Waals surface area contributed by atoms with Crippen molar-refractivity contribution in [3.8, 4) is 5.75 Å². The Morgan fingerprint density at radius 1 is 0.857 bits per heavy atom. The lowest BCUT2D eigenvalue weighted by molar-refractivity contribution is -0.141. The average Bonchev–Trinajstić information content (AvgIpc) is 3.35. The number of aromatic hydroxyl groups is 1. The third-order valence-electron chi connectivity index (χ3n) is 11.3. The van der Waals surface area contributed by atoms with Crippen molar-refractivity contribution in [3.63, 3.8) is 0 Å². The van der Waals surface area contributed by atoms with Crippen molar-refractivity contribution in [3.05, 3.63) is 119 Å². The number of ketones is 2. The van der Waals surface area contributed by atoms with Crippen LogP contribution in [0.25, 0.3) is 5.57 Å². The van der Waals surface area contributed by atoms with Gasteiger partial charge in [0, 0.05) is 35.9 Å². The number of imide groups is 1. The molecular formula is C41H39NO7. The summed E-state index contributed by atoms with van der Waals surface area (Å²) in [6, 6.07) is 23.9. The number of para-hydroxylation sites is 1. The van der Waals surface area contributed by atoms with E-state index < -0.39 is 41.0 Å². The highest BCUT2D eigenvalue weighted by atomic mass is 16.4. The number of likely N-dealkylation sites (tertiary alicyclic amines) is 1.